The molecular weight excluding hydrogens is 190 g/mol. The highest BCUT2D eigenvalue weighted by Crippen LogP contribution is 2.16. The summed E-state index contributed by atoms with van der Waals surface area (Å²) in [6.45, 7) is 2.20. The molecule has 2 N–H and O–H groups in total. The van der Waals surface area contributed by atoms with Crippen LogP contribution in [0.3, 0.4) is 0 Å². The molecule has 0 bridgehead atoms. The Morgan fingerprint density at radius 2 is 2.00 bits per heavy atom. The van der Waals surface area contributed by atoms with Gasteiger partial charge in [0.2, 0.25) is 0 Å². The van der Waals surface area contributed by atoms with E-state index in [1.54, 1.807) is 0 Å². The van der Waals surface area contributed by atoms with Crippen molar-refractivity contribution >= 4 is 11.8 Å². The van der Waals surface area contributed by atoms with Gasteiger partial charge in [-0.3, -0.25) is 0 Å². The van der Waals surface area contributed by atoms with Gasteiger partial charge in [0.15, 0.2) is 0 Å². The van der Waals surface area contributed by atoms with Crippen molar-refractivity contribution in [1.29, 1.82) is 0 Å². The SMILES string of the molecule is CCSCCCC(N)c1ccccc1. The molecule has 78 valence electrons. The molecule has 14 heavy (non-hydrogen) atoms. The van der Waals surface area contributed by atoms with Gasteiger partial charge >= 0.3 is 0 Å². The van der Waals surface area contributed by atoms with Crippen molar-refractivity contribution < 1.29 is 0 Å². The van der Waals surface area contributed by atoms with Crippen LogP contribution in [-0.2, 0) is 0 Å². The Bertz CT molecular complexity index is 235. The van der Waals surface area contributed by atoms with E-state index < -0.39 is 0 Å². The summed E-state index contributed by atoms with van der Waals surface area (Å²) >= 11 is 1.99. The first-order valence-corrected chi connectivity index (χ1v) is 6.38. The number of nitrogens with two attached hydrogens (primary N) is 1. The highest BCUT2D eigenvalue weighted by atomic mass is 32.2. The molecule has 0 amide bonds. The average Bonchev–Trinajstić information content (AvgIpc) is 2.25. The van der Waals surface area contributed by atoms with Crippen LogP contribution in [0, 0.1) is 0 Å². The van der Waals surface area contributed by atoms with Gasteiger partial charge in [-0.05, 0) is 29.9 Å². The molecule has 1 nitrogen and oxygen atoms in total. The Hall–Kier alpha value is -0.470. The van der Waals surface area contributed by atoms with Gasteiger partial charge < -0.3 is 5.73 Å². The Kier molecular flexibility index (Phi) is 5.72. The molecule has 0 aromatic heterocycles. The maximum absolute atomic E-state index is 6.07. The van der Waals surface area contributed by atoms with Crippen LogP contribution in [0.2, 0.25) is 0 Å². The second-order valence-corrected chi connectivity index (χ2v) is 4.75. The molecule has 0 fully saturated rings. The molecule has 1 aromatic carbocycles. The van der Waals surface area contributed by atoms with Crippen LogP contribution in [-0.4, -0.2) is 11.5 Å². The topological polar surface area (TPSA) is 26.0 Å². The third kappa shape index (κ3) is 4.16. The van der Waals surface area contributed by atoms with Gasteiger partial charge in [0, 0.05) is 6.04 Å². The lowest BCUT2D eigenvalue weighted by Gasteiger charge is -2.11. The van der Waals surface area contributed by atoms with Crippen LogP contribution in [0.15, 0.2) is 30.3 Å². The van der Waals surface area contributed by atoms with E-state index >= 15 is 0 Å². The number of thioether (sulfide) groups is 1. The third-order valence-electron chi connectivity index (χ3n) is 2.24. The summed E-state index contributed by atoms with van der Waals surface area (Å²) in [5.41, 5.74) is 7.33. The molecule has 1 unspecified atom stereocenters. The van der Waals surface area contributed by atoms with Crippen molar-refractivity contribution in [2.75, 3.05) is 11.5 Å². The zero-order valence-corrected chi connectivity index (χ0v) is 9.59. The van der Waals surface area contributed by atoms with Crippen LogP contribution in [0.5, 0.6) is 0 Å². The summed E-state index contributed by atoms with van der Waals surface area (Å²) in [6.07, 6.45) is 2.31. The maximum atomic E-state index is 6.07. The van der Waals surface area contributed by atoms with E-state index in [-0.39, 0.29) is 6.04 Å². The molecule has 0 aliphatic carbocycles. The summed E-state index contributed by atoms with van der Waals surface area (Å²) in [5, 5.41) is 0. The third-order valence-corrected chi connectivity index (χ3v) is 3.22. The normalized spacial score (nSPS) is 12.7. The number of hydrogen-bond donors (Lipinski definition) is 1. The highest BCUT2D eigenvalue weighted by molar-refractivity contribution is 7.99. The molecule has 1 atom stereocenters. The fourth-order valence-electron chi connectivity index (χ4n) is 1.42. The van der Waals surface area contributed by atoms with Crippen LogP contribution in [0.25, 0.3) is 0 Å². The maximum Gasteiger partial charge on any atom is 0.0295 e. The minimum atomic E-state index is 0.216. The minimum absolute atomic E-state index is 0.216. The Morgan fingerprint density at radius 3 is 2.64 bits per heavy atom. The van der Waals surface area contributed by atoms with E-state index in [0.717, 1.165) is 6.42 Å². The number of rotatable bonds is 6. The molecule has 1 aromatic rings. The fraction of sp³-hybridized carbons (Fsp3) is 0.500. The van der Waals surface area contributed by atoms with Crippen molar-refractivity contribution in [2.45, 2.75) is 25.8 Å². The monoisotopic (exact) mass is 209 g/mol. The van der Waals surface area contributed by atoms with Crippen molar-refractivity contribution in [2.24, 2.45) is 5.73 Å². The predicted octanol–water partition coefficient (Wildman–Crippen LogP) is 3.22. The number of benzene rings is 1. The Labute approximate surface area is 91.1 Å². The summed E-state index contributed by atoms with van der Waals surface area (Å²) in [5.74, 6) is 2.44. The van der Waals surface area contributed by atoms with Gasteiger partial charge in [0.25, 0.3) is 0 Å². The second-order valence-electron chi connectivity index (χ2n) is 3.36. The first-order valence-electron chi connectivity index (χ1n) is 5.23. The predicted molar refractivity (Wildman–Crippen MR) is 65.6 cm³/mol. The molecule has 0 saturated heterocycles. The lowest BCUT2D eigenvalue weighted by Crippen LogP contribution is -2.10. The Balaban J connectivity index is 2.25. The van der Waals surface area contributed by atoms with E-state index in [2.05, 4.69) is 31.2 Å². The van der Waals surface area contributed by atoms with Gasteiger partial charge in [0.1, 0.15) is 0 Å². The van der Waals surface area contributed by atoms with E-state index in [0.29, 0.717) is 0 Å². The fourth-order valence-corrected chi connectivity index (χ4v) is 2.08. The van der Waals surface area contributed by atoms with E-state index in [4.69, 9.17) is 5.73 Å². The summed E-state index contributed by atoms with van der Waals surface area (Å²) in [6, 6.07) is 10.6. The first-order chi connectivity index (χ1) is 6.84. The quantitative estimate of drug-likeness (QED) is 0.728. The van der Waals surface area contributed by atoms with E-state index in [1.165, 1.54) is 23.5 Å². The van der Waals surface area contributed by atoms with Gasteiger partial charge in [-0.2, -0.15) is 11.8 Å². The smallest absolute Gasteiger partial charge is 0.0295 e. The zero-order chi connectivity index (χ0) is 10.2. The minimum Gasteiger partial charge on any atom is -0.324 e. The van der Waals surface area contributed by atoms with Crippen molar-refractivity contribution in [1.82, 2.24) is 0 Å². The molecule has 0 spiro atoms. The first kappa shape index (κ1) is 11.6. The van der Waals surface area contributed by atoms with E-state index in [1.807, 2.05) is 17.8 Å². The lowest BCUT2D eigenvalue weighted by atomic mass is 10.0. The molecule has 0 aliphatic heterocycles. The average molecular weight is 209 g/mol. The largest absolute Gasteiger partial charge is 0.324 e. The summed E-state index contributed by atoms with van der Waals surface area (Å²) in [7, 11) is 0. The molecule has 1 rings (SSSR count). The molecule has 0 radical (unpaired) electrons. The van der Waals surface area contributed by atoms with Gasteiger partial charge in [0.05, 0.1) is 0 Å². The molecule has 0 aliphatic rings. The summed E-state index contributed by atoms with van der Waals surface area (Å²) in [4.78, 5) is 0. The van der Waals surface area contributed by atoms with Gasteiger partial charge in [-0.25, -0.2) is 0 Å². The van der Waals surface area contributed by atoms with Crippen molar-refractivity contribution in [3.05, 3.63) is 35.9 Å². The van der Waals surface area contributed by atoms with Crippen LogP contribution < -0.4 is 5.73 Å². The molecule has 0 saturated carbocycles. The van der Waals surface area contributed by atoms with E-state index in [9.17, 15) is 0 Å². The second kappa shape index (κ2) is 6.91. The van der Waals surface area contributed by atoms with Crippen LogP contribution >= 0.6 is 11.8 Å². The summed E-state index contributed by atoms with van der Waals surface area (Å²) < 4.78 is 0. The molecule has 2 heteroatoms. The Morgan fingerprint density at radius 1 is 1.29 bits per heavy atom. The van der Waals surface area contributed by atoms with Crippen molar-refractivity contribution in [3.63, 3.8) is 0 Å². The van der Waals surface area contributed by atoms with Gasteiger partial charge in [-0.1, -0.05) is 37.3 Å². The lowest BCUT2D eigenvalue weighted by molar-refractivity contribution is 0.642. The zero-order valence-electron chi connectivity index (χ0n) is 8.78. The molecular formula is C12H19NS. The van der Waals surface area contributed by atoms with Crippen LogP contribution in [0.4, 0.5) is 0 Å². The van der Waals surface area contributed by atoms with Crippen molar-refractivity contribution in [3.8, 4) is 0 Å². The highest BCUT2D eigenvalue weighted by Gasteiger charge is 2.03. The van der Waals surface area contributed by atoms with Crippen LogP contribution in [0.1, 0.15) is 31.4 Å². The molecule has 0 heterocycles. The van der Waals surface area contributed by atoms with Gasteiger partial charge in [-0.15, -0.1) is 0 Å². The number of hydrogen-bond acceptors (Lipinski definition) is 2. The standard InChI is InChI=1S/C12H19NS/c1-2-14-10-6-9-12(13)11-7-4-3-5-8-11/h3-5,7-8,12H,2,6,9-10,13H2,1H3.